The van der Waals surface area contributed by atoms with E-state index in [4.69, 9.17) is 0 Å². The van der Waals surface area contributed by atoms with E-state index < -0.39 is 0 Å². The number of rotatable bonds is 11. The third-order valence-corrected chi connectivity index (χ3v) is 5.01. The first kappa shape index (κ1) is 21.7. The minimum atomic E-state index is 0. The van der Waals surface area contributed by atoms with Crippen LogP contribution >= 0.6 is 15.9 Å². The van der Waals surface area contributed by atoms with Crippen molar-refractivity contribution in [1.82, 2.24) is 4.57 Å². The normalized spacial score (nSPS) is 10.6. The summed E-state index contributed by atoms with van der Waals surface area (Å²) in [5.41, 5.74) is 1.19. The molecule has 0 atom stereocenters. The van der Waals surface area contributed by atoms with E-state index in [9.17, 15) is 0 Å². The van der Waals surface area contributed by atoms with Crippen LogP contribution in [-0.2, 0) is 6.54 Å². The first-order chi connectivity index (χ1) is 11.3. The number of imidazole rings is 1. The molecule has 0 aliphatic carbocycles. The van der Waals surface area contributed by atoms with Crippen molar-refractivity contribution < 1.29 is 28.5 Å². The van der Waals surface area contributed by atoms with Gasteiger partial charge in [-0.3, -0.25) is 0 Å². The monoisotopic (exact) mass is 504 g/mol. The molecule has 2 aromatic rings. The summed E-state index contributed by atoms with van der Waals surface area (Å²) in [5.74, 6) is 0. The van der Waals surface area contributed by atoms with E-state index in [0.29, 0.717) is 0 Å². The quantitative estimate of drug-likeness (QED) is 0.252. The Labute approximate surface area is 172 Å². The largest absolute Gasteiger partial charge is 1.00 e. The first-order valence-corrected chi connectivity index (χ1v) is 9.92. The van der Waals surface area contributed by atoms with Gasteiger partial charge in [0.2, 0.25) is 6.33 Å². The second-order valence-electron chi connectivity index (χ2n) is 6.34. The fraction of sp³-hybridized carbons (Fsp3) is 0.550. The highest BCUT2D eigenvalue weighted by molar-refractivity contribution is 9.10. The van der Waals surface area contributed by atoms with E-state index in [2.05, 4.69) is 68.9 Å². The maximum Gasteiger partial charge on any atom is 0.249 e. The summed E-state index contributed by atoms with van der Waals surface area (Å²) in [4.78, 5) is 0. The molecule has 0 aliphatic rings. The van der Waals surface area contributed by atoms with Crippen molar-refractivity contribution >= 4 is 15.9 Å². The van der Waals surface area contributed by atoms with Crippen LogP contribution < -0.4 is 28.5 Å². The molecule has 2 nitrogen and oxygen atoms in total. The second kappa shape index (κ2) is 12.9. The van der Waals surface area contributed by atoms with Gasteiger partial charge in [-0.1, -0.05) is 64.0 Å². The van der Waals surface area contributed by atoms with Crippen LogP contribution in [0.5, 0.6) is 0 Å². The molecule has 0 N–H and O–H groups in total. The van der Waals surface area contributed by atoms with Gasteiger partial charge in [0.15, 0.2) is 0 Å². The van der Waals surface area contributed by atoms with Crippen molar-refractivity contribution in [3.05, 3.63) is 47.5 Å². The standard InChI is InChI=1S/C20H30BrN2.HI/c1-2-3-4-5-6-7-8-9-12-15-22-16-17-23(18-22)20-14-11-10-13-19(20)21;/h10-11,13-14,16-18H,2-9,12,15H2,1H3;1H/q+1;/p-1. The lowest BCUT2D eigenvalue weighted by molar-refractivity contribution is -0.696. The Morgan fingerprint density at radius 1 is 0.917 bits per heavy atom. The lowest BCUT2D eigenvalue weighted by atomic mass is 10.1. The van der Waals surface area contributed by atoms with Gasteiger partial charge in [0.05, 0.1) is 11.0 Å². The van der Waals surface area contributed by atoms with Gasteiger partial charge < -0.3 is 24.0 Å². The Kier molecular flexibility index (Phi) is 11.7. The number of hydrogen-bond donors (Lipinski definition) is 0. The fourth-order valence-corrected chi connectivity index (χ4v) is 3.42. The molecule has 0 saturated carbocycles. The number of halogens is 2. The van der Waals surface area contributed by atoms with Gasteiger partial charge in [-0.25, -0.2) is 9.13 Å². The van der Waals surface area contributed by atoms with Crippen LogP contribution in [0.15, 0.2) is 47.5 Å². The fourth-order valence-electron chi connectivity index (χ4n) is 2.94. The first-order valence-electron chi connectivity index (χ1n) is 9.13. The van der Waals surface area contributed by atoms with E-state index in [1.165, 1.54) is 63.5 Å². The van der Waals surface area contributed by atoms with Crippen LogP contribution in [0.4, 0.5) is 0 Å². The second-order valence-corrected chi connectivity index (χ2v) is 7.19. The molecule has 0 bridgehead atoms. The maximum absolute atomic E-state index is 3.62. The van der Waals surface area contributed by atoms with Crippen LogP contribution in [0.2, 0.25) is 0 Å². The molecular weight excluding hydrogens is 475 g/mol. The minimum Gasteiger partial charge on any atom is -1.00 e. The van der Waals surface area contributed by atoms with Gasteiger partial charge in [0, 0.05) is 0 Å². The van der Waals surface area contributed by atoms with Crippen LogP contribution in [0.1, 0.15) is 64.7 Å². The van der Waals surface area contributed by atoms with Gasteiger partial charge >= 0.3 is 0 Å². The summed E-state index contributed by atoms with van der Waals surface area (Å²) < 4.78 is 5.60. The molecule has 1 aromatic heterocycles. The SMILES string of the molecule is CCCCCCCCCCC[n+]1ccn(-c2ccccc2Br)c1.[I-]. The zero-order chi connectivity index (χ0) is 16.3. The number of hydrogen-bond acceptors (Lipinski definition) is 0. The third kappa shape index (κ3) is 7.68. The predicted octanol–water partition coefficient (Wildman–Crippen LogP) is 3.06. The molecule has 0 aliphatic heterocycles. The average molecular weight is 505 g/mol. The highest BCUT2D eigenvalue weighted by Crippen LogP contribution is 2.19. The lowest BCUT2D eigenvalue weighted by Crippen LogP contribution is -3.00. The lowest BCUT2D eigenvalue weighted by Gasteiger charge is -2.01. The average Bonchev–Trinajstić information content (AvgIpc) is 3.02. The smallest absolute Gasteiger partial charge is 0.249 e. The van der Waals surface area contributed by atoms with Crippen molar-refractivity contribution in [1.29, 1.82) is 0 Å². The van der Waals surface area contributed by atoms with Crippen LogP contribution in [0, 0.1) is 0 Å². The van der Waals surface area contributed by atoms with E-state index in [1.54, 1.807) is 0 Å². The molecule has 0 unspecified atom stereocenters. The number of unbranched alkanes of at least 4 members (excludes halogenated alkanes) is 8. The number of aromatic nitrogens is 2. The maximum atomic E-state index is 3.62. The summed E-state index contributed by atoms with van der Waals surface area (Å²) in [6, 6.07) is 8.34. The van der Waals surface area contributed by atoms with Crippen molar-refractivity contribution in [3.63, 3.8) is 0 Å². The zero-order valence-corrected chi connectivity index (χ0v) is 18.5. The molecule has 0 radical (unpaired) electrons. The van der Waals surface area contributed by atoms with E-state index in [1.807, 2.05) is 6.07 Å². The minimum absolute atomic E-state index is 0. The van der Waals surface area contributed by atoms with E-state index >= 15 is 0 Å². The number of benzene rings is 1. The van der Waals surface area contributed by atoms with Gasteiger partial charge in [-0.05, 0) is 40.9 Å². The van der Waals surface area contributed by atoms with Gasteiger partial charge in [-0.15, -0.1) is 0 Å². The van der Waals surface area contributed by atoms with Crippen molar-refractivity contribution in [3.8, 4) is 5.69 Å². The molecule has 1 aromatic carbocycles. The Hall–Kier alpha value is -0.360. The van der Waals surface area contributed by atoms with E-state index in [0.717, 1.165) is 11.0 Å². The number of aryl methyl sites for hydroxylation is 1. The third-order valence-electron chi connectivity index (χ3n) is 4.34. The summed E-state index contributed by atoms with van der Waals surface area (Å²) in [6.45, 7) is 3.40. The summed E-state index contributed by atoms with van der Waals surface area (Å²) in [5, 5.41) is 0. The summed E-state index contributed by atoms with van der Waals surface area (Å²) in [6.07, 6.45) is 18.9. The number of nitrogens with zero attached hydrogens (tertiary/aromatic N) is 2. The summed E-state index contributed by atoms with van der Waals surface area (Å²) in [7, 11) is 0. The van der Waals surface area contributed by atoms with E-state index in [-0.39, 0.29) is 24.0 Å². The van der Waals surface area contributed by atoms with Crippen molar-refractivity contribution in [2.24, 2.45) is 0 Å². The Bertz CT molecular complexity index is 568. The Morgan fingerprint density at radius 2 is 1.54 bits per heavy atom. The topological polar surface area (TPSA) is 8.81 Å². The molecule has 134 valence electrons. The highest BCUT2D eigenvalue weighted by Gasteiger charge is 2.09. The molecule has 2 rings (SSSR count). The molecule has 0 fully saturated rings. The molecule has 4 heteroatoms. The molecule has 24 heavy (non-hydrogen) atoms. The molecule has 0 amide bonds. The molecular formula is C20H30BrIN2. The van der Waals surface area contributed by atoms with Crippen molar-refractivity contribution in [2.75, 3.05) is 0 Å². The number of para-hydroxylation sites is 1. The van der Waals surface area contributed by atoms with Crippen molar-refractivity contribution in [2.45, 2.75) is 71.3 Å². The van der Waals surface area contributed by atoms with Crippen LogP contribution in [0.25, 0.3) is 5.69 Å². The molecule has 0 spiro atoms. The van der Waals surface area contributed by atoms with Gasteiger partial charge in [0.25, 0.3) is 0 Å². The van der Waals surface area contributed by atoms with Crippen LogP contribution in [0.3, 0.4) is 0 Å². The predicted molar refractivity (Wildman–Crippen MR) is 101 cm³/mol. The Morgan fingerprint density at radius 3 is 2.21 bits per heavy atom. The van der Waals surface area contributed by atoms with Gasteiger partial charge in [0.1, 0.15) is 18.1 Å². The molecule has 0 saturated heterocycles. The zero-order valence-electron chi connectivity index (χ0n) is 14.8. The summed E-state index contributed by atoms with van der Waals surface area (Å²) >= 11 is 3.62. The highest BCUT2D eigenvalue weighted by atomic mass is 127. The van der Waals surface area contributed by atoms with Crippen LogP contribution in [-0.4, -0.2) is 4.57 Å². The Balaban J connectivity index is 0.00000288. The molecule has 1 heterocycles. The van der Waals surface area contributed by atoms with Gasteiger partial charge in [-0.2, -0.15) is 0 Å².